The number of benzene rings is 2. The molecule has 0 radical (unpaired) electrons. The van der Waals surface area contributed by atoms with Gasteiger partial charge in [0.25, 0.3) is 0 Å². The Morgan fingerprint density at radius 3 is 2.58 bits per heavy atom. The molecule has 1 unspecified atom stereocenters. The van der Waals surface area contributed by atoms with Crippen LogP contribution in [0, 0.1) is 19.3 Å². The van der Waals surface area contributed by atoms with Crippen LogP contribution in [-0.2, 0) is 17.9 Å². The van der Waals surface area contributed by atoms with Crippen molar-refractivity contribution in [2.24, 2.45) is 11.3 Å². The number of hydrazine groups is 1. The Bertz CT molecular complexity index is 1600. The fourth-order valence-corrected chi connectivity index (χ4v) is 5.89. The predicted octanol–water partition coefficient (Wildman–Crippen LogP) is 5.18. The van der Waals surface area contributed by atoms with Crippen molar-refractivity contribution in [3.63, 3.8) is 0 Å². The van der Waals surface area contributed by atoms with Crippen molar-refractivity contribution in [1.82, 2.24) is 14.9 Å². The van der Waals surface area contributed by atoms with Gasteiger partial charge in [0.1, 0.15) is 12.4 Å². The normalized spacial score (nSPS) is 14.3. The minimum atomic E-state index is -0.857. The number of pyridine rings is 2. The number of nitrogen functional groups attached to an aromatic ring is 1. The summed E-state index contributed by atoms with van der Waals surface area (Å²) in [5, 5.41) is 4.63. The molecular formula is C34H41N7O2. The molecule has 1 atom stereocenters. The molecule has 1 aliphatic heterocycles. The Kier molecular flexibility index (Phi) is 8.66. The lowest BCUT2D eigenvalue weighted by molar-refractivity contribution is -0.124. The van der Waals surface area contributed by atoms with Crippen molar-refractivity contribution in [2.75, 3.05) is 36.3 Å². The smallest absolute Gasteiger partial charge is 0.230 e. The lowest BCUT2D eigenvalue weighted by atomic mass is 9.69. The number of rotatable bonds is 8. The van der Waals surface area contributed by atoms with Gasteiger partial charge in [-0.3, -0.25) is 19.7 Å². The van der Waals surface area contributed by atoms with Crippen LogP contribution < -0.4 is 26.6 Å². The minimum absolute atomic E-state index is 0.0995. The average molecular weight is 580 g/mol. The first-order valence-electron chi connectivity index (χ1n) is 14.5. The van der Waals surface area contributed by atoms with E-state index in [1.807, 2.05) is 45.2 Å². The summed E-state index contributed by atoms with van der Waals surface area (Å²) in [5.74, 6) is 6.57. The van der Waals surface area contributed by atoms with E-state index >= 15 is 0 Å². The number of aryl methyl sites for hydroxylation is 1. The standard InChI is InChI=1S/C34H41N7O2/c1-22-6-7-24(18-25(22)20-41-16-17-43-30-12-15-38-19-26(30)21-41)31(28-8-9-29(40(5)36)32(35)23(28)2)34(3,4)33(42)39-27-10-13-37-14-11-27/h6-15,18-19,31H,16-17,20-21,35-36H2,1-5H3,(H,37,39,42). The highest BCUT2D eigenvalue weighted by Crippen LogP contribution is 2.45. The van der Waals surface area contributed by atoms with Crippen molar-refractivity contribution in [3.05, 3.63) is 107 Å². The van der Waals surface area contributed by atoms with Crippen molar-refractivity contribution in [3.8, 4) is 5.75 Å². The van der Waals surface area contributed by atoms with Crippen LogP contribution in [-0.4, -0.2) is 41.0 Å². The number of hydrogen-bond acceptors (Lipinski definition) is 8. The van der Waals surface area contributed by atoms with E-state index in [2.05, 4.69) is 45.3 Å². The highest BCUT2D eigenvalue weighted by Gasteiger charge is 2.40. The summed E-state index contributed by atoms with van der Waals surface area (Å²) in [6.07, 6.45) is 6.98. The molecule has 0 bridgehead atoms. The molecule has 5 rings (SSSR count). The Labute approximate surface area is 253 Å². The van der Waals surface area contributed by atoms with Gasteiger partial charge in [-0.2, -0.15) is 0 Å². The zero-order chi connectivity index (χ0) is 30.7. The number of anilines is 3. The van der Waals surface area contributed by atoms with Gasteiger partial charge in [-0.05, 0) is 65.9 Å². The summed E-state index contributed by atoms with van der Waals surface area (Å²) in [7, 11) is 1.77. The second-order valence-electron chi connectivity index (χ2n) is 11.9. The summed E-state index contributed by atoms with van der Waals surface area (Å²) in [4.78, 5) is 24.8. The van der Waals surface area contributed by atoms with Gasteiger partial charge in [0, 0.05) is 68.6 Å². The Balaban J connectivity index is 1.55. The number of nitrogens with one attached hydrogen (secondary N) is 1. The van der Waals surface area contributed by atoms with Crippen LogP contribution in [0.15, 0.2) is 73.3 Å². The third kappa shape index (κ3) is 6.33. The molecule has 3 heterocycles. The van der Waals surface area contributed by atoms with Crippen LogP contribution in [0.4, 0.5) is 17.1 Å². The monoisotopic (exact) mass is 579 g/mol. The molecule has 9 heteroatoms. The molecule has 1 amide bonds. The molecule has 0 spiro atoms. The van der Waals surface area contributed by atoms with Gasteiger partial charge in [-0.25, -0.2) is 5.84 Å². The first kappa shape index (κ1) is 30.0. The summed E-state index contributed by atoms with van der Waals surface area (Å²) in [5.41, 5.74) is 14.2. The second-order valence-corrected chi connectivity index (χ2v) is 11.9. The Morgan fingerprint density at radius 1 is 1.09 bits per heavy atom. The maximum atomic E-state index is 14.0. The van der Waals surface area contributed by atoms with E-state index in [1.54, 1.807) is 37.8 Å². The lowest BCUT2D eigenvalue weighted by Crippen LogP contribution is -2.37. The molecular weight excluding hydrogens is 538 g/mol. The topological polar surface area (TPSA) is 123 Å². The van der Waals surface area contributed by atoms with Gasteiger partial charge in [0.15, 0.2) is 0 Å². The van der Waals surface area contributed by atoms with Crippen molar-refractivity contribution in [1.29, 1.82) is 0 Å². The van der Waals surface area contributed by atoms with Gasteiger partial charge < -0.3 is 20.8 Å². The van der Waals surface area contributed by atoms with E-state index in [1.165, 1.54) is 16.1 Å². The second kappa shape index (κ2) is 12.4. The molecule has 2 aromatic carbocycles. The van der Waals surface area contributed by atoms with Crippen LogP contribution in [0.5, 0.6) is 5.75 Å². The van der Waals surface area contributed by atoms with E-state index < -0.39 is 5.41 Å². The molecule has 9 nitrogen and oxygen atoms in total. The largest absolute Gasteiger partial charge is 0.492 e. The lowest BCUT2D eigenvalue weighted by Gasteiger charge is -2.36. The van der Waals surface area contributed by atoms with Crippen LogP contribution in [0.2, 0.25) is 0 Å². The highest BCUT2D eigenvalue weighted by molar-refractivity contribution is 5.96. The predicted molar refractivity (Wildman–Crippen MR) is 172 cm³/mol. The number of carbonyl (C=O) groups is 1. The maximum Gasteiger partial charge on any atom is 0.230 e. The molecule has 0 saturated heterocycles. The summed E-state index contributed by atoms with van der Waals surface area (Å²) in [6.45, 7) is 11.0. The average Bonchev–Trinajstić information content (AvgIpc) is 3.19. The number of hydrogen-bond donors (Lipinski definition) is 3. The number of fused-ring (bicyclic) bond motifs is 1. The summed E-state index contributed by atoms with van der Waals surface area (Å²) < 4.78 is 5.98. The third-order valence-electron chi connectivity index (χ3n) is 8.49. The molecule has 0 saturated carbocycles. The Morgan fingerprint density at radius 2 is 1.84 bits per heavy atom. The van der Waals surface area contributed by atoms with Gasteiger partial charge in [-0.1, -0.05) is 38.1 Å². The van der Waals surface area contributed by atoms with Gasteiger partial charge in [0.2, 0.25) is 5.91 Å². The first-order chi connectivity index (χ1) is 20.6. The molecule has 1 aliphatic rings. The number of amides is 1. The maximum absolute atomic E-state index is 14.0. The van der Waals surface area contributed by atoms with Crippen molar-refractivity contribution in [2.45, 2.75) is 46.7 Å². The number of ether oxygens (including phenoxy) is 1. The fraction of sp³-hybridized carbons (Fsp3) is 0.324. The fourth-order valence-electron chi connectivity index (χ4n) is 5.89. The van der Waals surface area contributed by atoms with E-state index in [4.69, 9.17) is 16.3 Å². The molecule has 4 aromatic rings. The van der Waals surface area contributed by atoms with Crippen LogP contribution in [0.3, 0.4) is 0 Å². The number of aromatic nitrogens is 2. The van der Waals surface area contributed by atoms with Crippen LogP contribution in [0.25, 0.3) is 0 Å². The van der Waals surface area contributed by atoms with Crippen molar-refractivity contribution >= 4 is 23.0 Å². The van der Waals surface area contributed by atoms with Gasteiger partial charge >= 0.3 is 0 Å². The van der Waals surface area contributed by atoms with Crippen LogP contribution in [0.1, 0.15) is 53.1 Å². The number of nitrogens with zero attached hydrogens (tertiary/aromatic N) is 4. The van der Waals surface area contributed by atoms with Gasteiger partial charge in [-0.15, -0.1) is 0 Å². The third-order valence-corrected chi connectivity index (χ3v) is 8.49. The van der Waals surface area contributed by atoms with E-state index in [0.717, 1.165) is 53.3 Å². The highest BCUT2D eigenvalue weighted by atomic mass is 16.5. The molecule has 5 N–H and O–H groups in total. The van der Waals surface area contributed by atoms with Crippen LogP contribution >= 0.6 is 0 Å². The Hall–Kier alpha value is -4.47. The summed E-state index contributed by atoms with van der Waals surface area (Å²) in [6, 6.07) is 16.0. The molecule has 0 fully saturated rings. The SMILES string of the molecule is Cc1ccc(C(c2ccc(N(C)N)c(N)c2C)C(C)(C)C(=O)Nc2ccncc2)cc1CN1CCOc2ccncc2C1. The first-order valence-corrected chi connectivity index (χ1v) is 14.5. The van der Waals surface area contributed by atoms with Gasteiger partial charge in [0.05, 0.1) is 16.8 Å². The van der Waals surface area contributed by atoms with Crippen molar-refractivity contribution < 1.29 is 9.53 Å². The van der Waals surface area contributed by atoms with E-state index in [-0.39, 0.29) is 11.8 Å². The number of nitrogens with two attached hydrogens (primary N) is 2. The zero-order valence-electron chi connectivity index (χ0n) is 25.6. The zero-order valence-corrected chi connectivity index (χ0v) is 25.6. The molecule has 43 heavy (non-hydrogen) atoms. The summed E-state index contributed by atoms with van der Waals surface area (Å²) >= 11 is 0. The van der Waals surface area contributed by atoms with E-state index in [0.29, 0.717) is 18.0 Å². The molecule has 0 aliphatic carbocycles. The quantitative estimate of drug-likeness (QED) is 0.148. The number of carbonyl (C=O) groups excluding carboxylic acids is 1. The molecule has 224 valence electrons. The molecule has 2 aromatic heterocycles. The van der Waals surface area contributed by atoms with E-state index in [9.17, 15) is 4.79 Å². The minimum Gasteiger partial charge on any atom is -0.492 e.